The van der Waals surface area contributed by atoms with Crippen molar-refractivity contribution in [1.29, 1.82) is 0 Å². The minimum Gasteiger partial charge on any atom is -0.444 e. The van der Waals surface area contributed by atoms with Gasteiger partial charge in [0.25, 0.3) is 0 Å². The normalized spacial score (nSPS) is 27.2. The number of nitrogens with one attached hydrogen (secondary N) is 3. The summed E-state index contributed by atoms with van der Waals surface area (Å²) in [7, 11) is 0. The highest BCUT2D eigenvalue weighted by atomic mass is 16.6. The summed E-state index contributed by atoms with van der Waals surface area (Å²) in [4.78, 5) is 36.7. The Bertz CT molecular complexity index is 885. The molecule has 0 heterocycles. The number of hydrogen-bond donors (Lipinski definition) is 3. The Hall–Kier alpha value is -2.57. The van der Waals surface area contributed by atoms with Crippen LogP contribution in [0.15, 0.2) is 24.3 Å². The van der Waals surface area contributed by atoms with Gasteiger partial charge in [-0.1, -0.05) is 12.1 Å². The molecule has 0 spiro atoms. The van der Waals surface area contributed by atoms with Crippen LogP contribution in [0.2, 0.25) is 0 Å². The van der Waals surface area contributed by atoms with Gasteiger partial charge < -0.3 is 20.7 Å². The fourth-order valence-corrected chi connectivity index (χ4v) is 6.69. The first-order valence-corrected chi connectivity index (χ1v) is 12.7. The smallest absolute Gasteiger partial charge is 0.407 e. The summed E-state index contributed by atoms with van der Waals surface area (Å²) < 4.78 is 5.15. The second-order valence-electron chi connectivity index (χ2n) is 11.8. The van der Waals surface area contributed by atoms with Gasteiger partial charge >= 0.3 is 6.09 Å². The molecule has 5 rings (SSSR count). The molecular weight excluding hydrogens is 430 g/mol. The van der Waals surface area contributed by atoms with E-state index in [0.29, 0.717) is 13.0 Å². The van der Waals surface area contributed by atoms with Gasteiger partial charge in [-0.2, -0.15) is 0 Å². The van der Waals surface area contributed by atoms with Gasteiger partial charge in [-0.3, -0.25) is 9.59 Å². The van der Waals surface area contributed by atoms with E-state index in [0.717, 1.165) is 29.0 Å². The third-order valence-electron chi connectivity index (χ3n) is 7.42. The van der Waals surface area contributed by atoms with Gasteiger partial charge in [0, 0.05) is 31.6 Å². The molecule has 3 amide bonds. The lowest BCUT2D eigenvalue weighted by Crippen LogP contribution is -2.47. The number of ether oxygens (including phenoxy) is 1. The van der Waals surface area contributed by atoms with Crippen molar-refractivity contribution in [2.75, 3.05) is 11.9 Å². The fourth-order valence-electron chi connectivity index (χ4n) is 6.69. The fraction of sp³-hybridized carbons (Fsp3) is 0.667. The van der Waals surface area contributed by atoms with E-state index in [-0.39, 0.29) is 30.2 Å². The highest BCUT2D eigenvalue weighted by Gasteiger charge is 2.51. The van der Waals surface area contributed by atoms with Crippen molar-refractivity contribution in [1.82, 2.24) is 10.6 Å². The molecule has 1 aromatic carbocycles. The average molecular weight is 470 g/mol. The molecule has 0 radical (unpaired) electrons. The lowest BCUT2D eigenvalue weighted by atomic mass is 9.49. The zero-order chi connectivity index (χ0) is 24.3. The zero-order valence-corrected chi connectivity index (χ0v) is 20.7. The lowest BCUT2D eigenvalue weighted by Gasteiger charge is -2.56. The zero-order valence-electron chi connectivity index (χ0n) is 20.7. The molecule has 4 fully saturated rings. The van der Waals surface area contributed by atoms with Crippen LogP contribution in [0.25, 0.3) is 0 Å². The van der Waals surface area contributed by atoms with Crippen molar-refractivity contribution < 1.29 is 19.1 Å². The average Bonchev–Trinajstić information content (AvgIpc) is 2.69. The molecule has 0 atom stereocenters. The Morgan fingerprint density at radius 3 is 2.24 bits per heavy atom. The van der Waals surface area contributed by atoms with E-state index in [1.54, 1.807) is 20.8 Å². The molecule has 7 heteroatoms. The summed E-state index contributed by atoms with van der Waals surface area (Å²) in [5, 5.41) is 8.54. The molecule has 3 N–H and O–H groups in total. The maximum Gasteiger partial charge on any atom is 0.407 e. The van der Waals surface area contributed by atoms with Crippen LogP contribution in [-0.2, 0) is 20.9 Å². The van der Waals surface area contributed by atoms with E-state index < -0.39 is 11.7 Å². The van der Waals surface area contributed by atoms with Gasteiger partial charge in [-0.15, -0.1) is 0 Å². The maximum atomic E-state index is 12.9. The van der Waals surface area contributed by atoms with E-state index in [4.69, 9.17) is 4.74 Å². The van der Waals surface area contributed by atoms with Gasteiger partial charge in [0.1, 0.15) is 5.60 Å². The first-order valence-electron chi connectivity index (χ1n) is 12.7. The summed E-state index contributed by atoms with van der Waals surface area (Å²) in [6.07, 6.45) is 8.08. The van der Waals surface area contributed by atoms with Crippen LogP contribution in [0, 0.1) is 23.2 Å². The van der Waals surface area contributed by atoms with Crippen molar-refractivity contribution in [2.45, 2.75) is 84.3 Å². The number of carbonyl (C=O) groups excluding carboxylic acids is 3. The molecule has 0 saturated heterocycles. The predicted molar refractivity (Wildman–Crippen MR) is 131 cm³/mol. The van der Waals surface area contributed by atoms with Crippen molar-refractivity contribution in [3.05, 3.63) is 29.8 Å². The SMILES string of the molecule is CC(C)(C)OC(=O)NCCC(=O)NCc1cccc(NC(=O)CC23CC4CC(CC(C4)C2)C3)c1. The third kappa shape index (κ3) is 6.73. The second-order valence-corrected chi connectivity index (χ2v) is 11.8. The van der Waals surface area contributed by atoms with Crippen LogP contribution in [0.4, 0.5) is 10.5 Å². The number of carbonyl (C=O) groups is 3. The molecule has 0 aromatic heterocycles. The van der Waals surface area contributed by atoms with Crippen LogP contribution in [0.1, 0.15) is 77.7 Å². The molecule has 0 aliphatic heterocycles. The minimum atomic E-state index is -0.567. The van der Waals surface area contributed by atoms with E-state index in [1.807, 2.05) is 24.3 Å². The Morgan fingerprint density at radius 2 is 1.62 bits per heavy atom. The lowest BCUT2D eigenvalue weighted by molar-refractivity contribution is -0.124. The largest absolute Gasteiger partial charge is 0.444 e. The number of benzene rings is 1. The molecule has 4 bridgehead atoms. The number of rotatable bonds is 8. The highest BCUT2D eigenvalue weighted by molar-refractivity contribution is 5.91. The topological polar surface area (TPSA) is 96.5 Å². The van der Waals surface area contributed by atoms with Crippen LogP contribution >= 0.6 is 0 Å². The Kier molecular flexibility index (Phi) is 7.20. The number of hydrogen-bond acceptors (Lipinski definition) is 4. The minimum absolute atomic E-state index is 0.108. The molecular formula is C27H39N3O4. The first-order chi connectivity index (χ1) is 16.1. The molecule has 4 aliphatic rings. The van der Waals surface area contributed by atoms with Gasteiger partial charge in [0.15, 0.2) is 0 Å². The molecule has 4 aliphatic carbocycles. The van der Waals surface area contributed by atoms with Gasteiger partial charge in [0.05, 0.1) is 0 Å². The first kappa shape index (κ1) is 24.6. The molecule has 1 aromatic rings. The van der Waals surface area contributed by atoms with E-state index >= 15 is 0 Å². The van der Waals surface area contributed by atoms with E-state index in [2.05, 4.69) is 16.0 Å². The maximum absolute atomic E-state index is 12.9. The van der Waals surface area contributed by atoms with Gasteiger partial charge in [-0.25, -0.2) is 4.79 Å². The summed E-state index contributed by atoms with van der Waals surface area (Å²) in [6, 6.07) is 7.63. The van der Waals surface area contributed by atoms with Gasteiger partial charge in [-0.05, 0) is 100 Å². The van der Waals surface area contributed by atoms with E-state index in [1.165, 1.54) is 38.5 Å². The van der Waals surface area contributed by atoms with Crippen molar-refractivity contribution in [3.8, 4) is 0 Å². The predicted octanol–water partition coefficient (Wildman–Crippen LogP) is 4.76. The van der Waals surface area contributed by atoms with Crippen LogP contribution in [0.5, 0.6) is 0 Å². The summed E-state index contributed by atoms with van der Waals surface area (Å²) in [5.74, 6) is 2.46. The Labute approximate surface area is 202 Å². The molecule has 186 valence electrons. The highest BCUT2D eigenvalue weighted by Crippen LogP contribution is 2.61. The monoisotopic (exact) mass is 469 g/mol. The number of anilines is 1. The Morgan fingerprint density at radius 1 is 0.971 bits per heavy atom. The second kappa shape index (κ2) is 9.96. The number of amides is 3. The Balaban J connectivity index is 1.20. The molecule has 4 saturated carbocycles. The molecule has 0 unspecified atom stereocenters. The van der Waals surface area contributed by atoms with Crippen LogP contribution in [0.3, 0.4) is 0 Å². The summed E-state index contributed by atoms with van der Waals surface area (Å²) in [5.41, 5.74) is 1.34. The standard InChI is InChI=1S/C27H39N3O4/c1-26(2,3)34-25(33)28-8-7-23(31)29-17-18-5-4-6-22(12-18)30-24(32)16-27-13-19-9-20(14-27)11-21(10-19)15-27/h4-6,12,19-21H,7-11,13-17H2,1-3H3,(H,28,33)(H,29,31)(H,30,32). The number of alkyl carbamates (subject to hydrolysis) is 1. The summed E-state index contributed by atoms with van der Waals surface area (Å²) in [6.45, 7) is 5.95. The van der Waals surface area contributed by atoms with Crippen molar-refractivity contribution >= 4 is 23.6 Å². The quantitative estimate of drug-likeness (QED) is 0.511. The third-order valence-corrected chi connectivity index (χ3v) is 7.42. The van der Waals surface area contributed by atoms with Crippen LogP contribution in [-0.4, -0.2) is 30.1 Å². The molecule has 34 heavy (non-hydrogen) atoms. The van der Waals surface area contributed by atoms with Gasteiger partial charge in [0.2, 0.25) is 11.8 Å². The summed E-state index contributed by atoms with van der Waals surface area (Å²) >= 11 is 0. The van der Waals surface area contributed by atoms with Crippen molar-refractivity contribution in [3.63, 3.8) is 0 Å². The van der Waals surface area contributed by atoms with Crippen molar-refractivity contribution in [2.24, 2.45) is 23.2 Å². The van der Waals surface area contributed by atoms with Crippen LogP contribution < -0.4 is 16.0 Å². The molecule has 7 nitrogen and oxygen atoms in total. The van der Waals surface area contributed by atoms with E-state index in [9.17, 15) is 14.4 Å².